The van der Waals surface area contributed by atoms with Crippen molar-refractivity contribution in [1.29, 1.82) is 0 Å². The summed E-state index contributed by atoms with van der Waals surface area (Å²) in [6, 6.07) is 48.0. The summed E-state index contributed by atoms with van der Waals surface area (Å²) < 4.78 is 0. The zero-order chi connectivity index (χ0) is 27.6. The van der Waals surface area contributed by atoms with Crippen LogP contribution in [0.5, 0.6) is 0 Å². The fourth-order valence-corrected chi connectivity index (χ4v) is 5.22. The van der Waals surface area contributed by atoms with Gasteiger partial charge in [0.15, 0.2) is 0 Å². The highest BCUT2D eigenvalue weighted by atomic mass is 15.2. The predicted octanol–water partition coefficient (Wildman–Crippen LogP) is 9.16. The number of aryl methyl sites for hydroxylation is 1. The normalized spacial score (nSPS) is 14.7. The minimum Gasteiger partial charge on any atom is -0.438 e. The fourth-order valence-electron chi connectivity index (χ4n) is 5.22. The summed E-state index contributed by atoms with van der Waals surface area (Å²) in [5.74, 6) is 1.38. The lowest BCUT2D eigenvalue weighted by Crippen LogP contribution is -2.15. The van der Waals surface area contributed by atoms with Gasteiger partial charge in [0, 0.05) is 16.6 Å². The molecule has 0 bridgehead atoms. The summed E-state index contributed by atoms with van der Waals surface area (Å²) in [4.78, 5) is 14.6. The number of pyridine rings is 1. The topological polar surface area (TPSA) is 51.7 Å². The van der Waals surface area contributed by atoms with Crippen LogP contribution >= 0.6 is 0 Å². The van der Waals surface area contributed by atoms with E-state index in [1.165, 1.54) is 0 Å². The Kier molecular flexibility index (Phi) is 6.42. The number of hydrogen-bond donors (Lipinski definition) is 0. The number of rotatable bonds is 5. The van der Waals surface area contributed by atoms with E-state index in [1.54, 1.807) is 0 Å². The Morgan fingerprint density at radius 2 is 1.24 bits per heavy atom. The number of aliphatic imine (C=N–C) groups is 2. The molecule has 0 saturated carbocycles. The molecule has 1 unspecified atom stereocenters. The molecule has 0 radical (unpaired) electrons. The van der Waals surface area contributed by atoms with Crippen molar-refractivity contribution in [2.45, 2.75) is 13.1 Å². The van der Waals surface area contributed by atoms with Gasteiger partial charge in [-0.3, -0.25) is 9.98 Å². The van der Waals surface area contributed by atoms with E-state index in [-0.39, 0.29) is 6.17 Å². The third kappa shape index (κ3) is 5.04. The average molecular weight is 528 g/mol. The van der Waals surface area contributed by atoms with Crippen molar-refractivity contribution in [2.75, 3.05) is 0 Å². The number of fused-ring (bicyclic) bond motifs is 1. The second-order valence-corrected chi connectivity index (χ2v) is 10.2. The zero-order valence-electron chi connectivity index (χ0n) is 22.6. The molecule has 7 rings (SSSR count). The van der Waals surface area contributed by atoms with Crippen LogP contribution in [-0.2, 0) is 0 Å². The van der Waals surface area contributed by atoms with Crippen molar-refractivity contribution >= 4 is 22.6 Å². The van der Waals surface area contributed by atoms with Crippen LogP contribution in [0.15, 0.2) is 150 Å². The smallest absolute Gasteiger partial charge is 0.0822 e. The molecule has 1 aliphatic heterocycles. The number of para-hydroxylation sites is 1. The molecule has 0 spiro atoms. The van der Waals surface area contributed by atoms with Gasteiger partial charge in [-0.2, -0.15) is 0 Å². The monoisotopic (exact) mass is 527 g/mol. The zero-order valence-corrected chi connectivity index (χ0v) is 22.6. The van der Waals surface area contributed by atoms with Gasteiger partial charge in [-0.1, -0.05) is 133 Å². The first-order valence-electron chi connectivity index (χ1n) is 13.8. The molecular formula is C37H27N4-. The Labute approximate surface area is 239 Å². The number of benzene rings is 5. The Morgan fingerprint density at radius 1 is 0.561 bits per heavy atom. The molecule has 0 aliphatic carbocycles. The average Bonchev–Trinajstić information content (AvgIpc) is 3.05. The van der Waals surface area contributed by atoms with Crippen molar-refractivity contribution in [3.05, 3.63) is 167 Å². The summed E-state index contributed by atoms with van der Waals surface area (Å²) in [6.07, 6.45) is -0.347. The molecule has 1 atom stereocenters. The van der Waals surface area contributed by atoms with Gasteiger partial charge in [0.25, 0.3) is 0 Å². The van der Waals surface area contributed by atoms with Gasteiger partial charge >= 0.3 is 0 Å². The van der Waals surface area contributed by atoms with Crippen molar-refractivity contribution in [3.8, 4) is 22.3 Å². The van der Waals surface area contributed by atoms with E-state index in [0.29, 0.717) is 11.7 Å². The van der Waals surface area contributed by atoms with Gasteiger partial charge in [-0.25, -0.2) is 0 Å². The molecule has 6 aromatic rings. The molecule has 0 N–H and O–H groups in total. The van der Waals surface area contributed by atoms with Crippen LogP contribution in [-0.4, -0.2) is 16.7 Å². The van der Waals surface area contributed by atoms with Crippen LogP contribution in [0.25, 0.3) is 38.5 Å². The Hall–Kier alpha value is -5.35. The SMILES string of the molecule is Cc1ccc2cccc(-c3ccc(-c4cccc(C5=NC(c6ccccc6)=NC(c6ccccc6)[N-]5)c4)cc3)c2n1. The molecule has 0 saturated heterocycles. The van der Waals surface area contributed by atoms with Gasteiger partial charge in [-0.05, 0) is 52.4 Å². The highest BCUT2D eigenvalue weighted by Crippen LogP contribution is 2.33. The summed E-state index contributed by atoms with van der Waals surface area (Å²) in [7, 11) is 0. The van der Waals surface area contributed by atoms with Crippen molar-refractivity contribution in [2.24, 2.45) is 9.98 Å². The Bertz CT molecular complexity index is 1910. The standard InChI is InChI=1S/C37H27N4/c1-25-18-19-28-14-9-17-33(34(28)38-25)27-22-20-26(21-23-27)31-15-8-16-32(24-31)37-40-35(29-10-4-2-5-11-29)39-36(41-37)30-12-6-3-7-13-30/h2-24,35H,1H3/q-1. The third-order valence-electron chi connectivity index (χ3n) is 7.34. The van der Waals surface area contributed by atoms with Crippen LogP contribution in [0.3, 0.4) is 0 Å². The molecule has 5 aromatic carbocycles. The first-order valence-corrected chi connectivity index (χ1v) is 13.8. The Balaban J connectivity index is 1.23. The molecule has 1 aliphatic rings. The third-order valence-corrected chi connectivity index (χ3v) is 7.34. The van der Waals surface area contributed by atoms with Gasteiger partial charge < -0.3 is 10.3 Å². The van der Waals surface area contributed by atoms with Crippen molar-refractivity contribution in [1.82, 2.24) is 4.98 Å². The van der Waals surface area contributed by atoms with Crippen molar-refractivity contribution < 1.29 is 0 Å². The summed E-state index contributed by atoms with van der Waals surface area (Å²) in [5.41, 5.74) is 9.56. The van der Waals surface area contributed by atoms with E-state index < -0.39 is 0 Å². The van der Waals surface area contributed by atoms with E-state index in [2.05, 4.69) is 91.0 Å². The maximum Gasteiger partial charge on any atom is 0.0822 e. The Morgan fingerprint density at radius 3 is 2.05 bits per heavy atom. The molecule has 4 heteroatoms. The lowest BCUT2D eigenvalue weighted by molar-refractivity contribution is 0.878. The first kappa shape index (κ1) is 24.7. The summed E-state index contributed by atoms with van der Waals surface area (Å²) in [6.45, 7) is 2.03. The van der Waals surface area contributed by atoms with Crippen LogP contribution in [0, 0.1) is 6.92 Å². The van der Waals surface area contributed by atoms with Crippen LogP contribution in [0.1, 0.15) is 28.6 Å². The lowest BCUT2D eigenvalue weighted by atomic mass is 9.97. The predicted molar refractivity (Wildman–Crippen MR) is 169 cm³/mol. The highest BCUT2D eigenvalue weighted by Gasteiger charge is 2.14. The summed E-state index contributed by atoms with van der Waals surface area (Å²) in [5, 5.41) is 6.13. The minimum absolute atomic E-state index is 0.347. The molecular weight excluding hydrogens is 500 g/mol. The molecule has 0 fully saturated rings. The number of hydrogen-bond acceptors (Lipinski definition) is 3. The van der Waals surface area contributed by atoms with Gasteiger partial charge in [-0.15, -0.1) is 0 Å². The highest BCUT2D eigenvalue weighted by molar-refractivity contribution is 6.19. The second kappa shape index (κ2) is 10.7. The second-order valence-electron chi connectivity index (χ2n) is 10.2. The van der Waals surface area contributed by atoms with E-state index in [9.17, 15) is 0 Å². The molecule has 0 amide bonds. The van der Waals surface area contributed by atoms with Gasteiger partial charge in [0.2, 0.25) is 0 Å². The van der Waals surface area contributed by atoms with E-state index in [4.69, 9.17) is 20.3 Å². The number of amidine groups is 2. The number of nitrogens with zero attached hydrogens (tertiary/aromatic N) is 4. The fraction of sp³-hybridized carbons (Fsp3) is 0.0541. The summed E-state index contributed by atoms with van der Waals surface area (Å²) >= 11 is 0. The molecule has 4 nitrogen and oxygen atoms in total. The largest absolute Gasteiger partial charge is 0.438 e. The maximum absolute atomic E-state index is 4.98. The molecule has 196 valence electrons. The van der Waals surface area contributed by atoms with E-state index in [1.807, 2.05) is 55.5 Å². The van der Waals surface area contributed by atoms with Crippen molar-refractivity contribution in [3.63, 3.8) is 0 Å². The molecule has 1 aromatic heterocycles. The lowest BCUT2D eigenvalue weighted by Gasteiger charge is -2.32. The quantitative estimate of drug-likeness (QED) is 0.220. The van der Waals surface area contributed by atoms with E-state index >= 15 is 0 Å². The van der Waals surface area contributed by atoms with Crippen LogP contribution < -0.4 is 0 Å². The maximum atomic E-state index is 4.98. The van der Waals surface area contributed by atoms with Crippen LogP contribution in [0.2, 0.25) is 0 Å². The van der Waals surface area contributed by atoms with Gasteiger partial charge in [0.1, 0.15) is 0 Å². The molecule has 41 heavy (non-hydrogen) atoms. The van der Waals surface area contributed by atoms with Gasteiger partial charge in [0.05, 0.1) is 17.5 Å². The van der Waals surface area contributed by atoms with Crippen LogP contribution in [0.4, 0.5) is 0 Å². The first-order chi connectivity index (χ1) is 20.2. The minimum atomic E-state index is -0.347. The molecule has 2 heterocycles. The number of aromatic nitrogens is 1. The van der Waals surface area contributed by atoms with E-state index in [0.717, 1.165) is 55.5 Å².